The van der Waals surface area contributed by atoms with Gasteiger partial charge in [-0.2, -0.15) is 0 Å². The zero-order valence-corrected chi connectivity index (χ0v) is 17.0. The lowest BCUT2D eigenvalue weighted by atomic mass is 10.1. The number of nitrogens with zero attached hydrogens (tertiary/aromatic N) is 1. The number of Topliss-reactive ketones (excluding diaryl/α,β-unsaturated/α-hetero) is 1. The van der Waals surface area contributed by atoms with Gasteiger partial charge in [0.25, 0.3) is 5.91 Å². The highest BCUT2D eigenvalue weighted by Gasteiger charge is 2.20. The van der Waals surface area contributed by atoms with Gasteiger partial charge in [-0.3, -0.25) is 9.59 Å². The molecule has 0 atom stereocenters. The minimum atomic E-state index is -0.237. The molecule has 1 amide bonds. The van der Waals surface area contributed by atoms with Crippen LogP contribution >= 0.6 is 11.3 Å². The molecule has 0 radical (unpaired) electrons. The standard InChI is InChI=1S/C23H22N2O3S/c1-16(26)17-5-4-6-19(13-17)28-15-23(27)24-20-7-2-3-8-21(20)25-11-9-22-18(14-25)10-12-29-22/h2-8,10,12-13H,9,11,14-15H2,1H3,(H,24,27). The van der Waals surface area contributed by atoms with Crippen molar-refractivity contribution in [3.05, 3.63) is 76.0 Å². The minimum Gasteiger partial charge on any atom is -0.484 e. The number of carbonyl (C=O) groups is 2. The summed E-state index contributed by atoms with van der Waals surface area (Å²) in [6.07, 6.45) is 1.02. The van der Waals surface area contributed by atoms with Gasteiger partial charge in [0.15, 0.2) is 12.4 Å². The Balaban J connectivity index is 1.41. The van der Waals surface area contributed by atoms with E-state index in [-0.39, 0.29) is 18.3 Å². The minimum absolute atomic E-state index is 0.0378. The average molecular weight is 407 g/mol. The van der Waals surface area contributed by atoms with Crippen molar-refractivity contribution in [2.75, 3.05) is 23.4 Å². The van der Waals surface area contributed by atoms with E-state index in [0.29, 0.717) is 11.3 Å². The summed E-state index contributed by atoms with van der Waals surface area (Å²) in [7, 11) is 0. The van der Waals surface area contributed by atoms with Gasteiger partial charge in [-0.05, 0) is 54.6 Å². The van der Waals surface area contributed by atoms with E-state index in [1.807, 2.05) is 35.6 Å². The molecule has 2 aromatic carbocycles. The highest BCUT2D eigenvalue weighted by atomic mass is 32.1. The molecule has 4 rings (SSSR count). The van der Waals surface area contributed by atoms with Crippen molar-refractivity contribution in [3.8, 4) is 5.75 Å². The van der Waals surface area contributed by atoms with Crippen LogP contribution < -0.4 is 15.0 Å². The summed E-state index contributed by atoms with van der Waals surface area (Å²) in [6.45, 7) is 3.15. The molecule has 0 saturated carbocycles. The number of benzene rings is 2. The van der Waals surface area contributed by atoms with Crippen LogP contribution in [0.25, 0.3) is 0 Å². The van der Waals surface area contributed by atoms with Crippen molar-refractivity contribution in [1.82, 2.24) is 0 Å². The van der Waals surface area contributed by atoms with E-state index in [9.17, 15) is 9.59 Å². The van der Waals surface area contributed by atoms with Crippen LogP contribution in [-0.4, -0.2) is 24.8 Å². The third-order valence-corrected chi connectivity index (χ3v) is 5.96. The molecule has 29 heavy (non-hydrogen) atoms. The maximum Gasteiger partial charge on any atom is 0.262 e. The number of thiophene rings is 1. The number of hydrogen-bond donors (Lipinski definition) is 1. The maximum absolute atomic E-state index is 12.5. The predicted molar refractivity (Wildman–Crippen MR) is 116 cm³/mol. The molecule has 1 N–H and O–H groups in total. The van der Waals surface area contributed by atoms with Crippen LogP contribution in [0.3, 0.4) is 0 Å². The van der Waals surface area contributed by atoms with Crippen molar-refractivity contribution >= 4 is 34.4 Å². The molecule has 5 nitrogen and oxygen atoms in total. The van der Waals surface area contributed by atoms with Crippen molar-refractivity contribution in [1.29, 1.82) is 0 Å². The number of ketones is 1. The first-order valence-electron chi connectivity index (χ1n) is 9.53. The molecular weight excluding hydrogens is 384 g/mol. The quantitative estimate of drug-likeness (QED) is 0.611. The van der Waals surface area contributed by atoms with E-state index in [4.69, 9.17) is 4.74 Å². The van der Waals surface area contributed by atoms with E-state index in [1.54, 1.807) is 24.3 Å². The van der Waals surface area contributed by atoms with E-state index >= 15 is 0 Å². The van der Waals surface area contributed by atoms with Crippen molar-refractivity contribution < 1.29 is 14.3 Å². The predicted octanol–water partition coefficient (Wildman–Crippen LogP) is 4.53. The molecule has 6 heteroatoms. The second-order valence-electron chi connectivity index (χ2n) is 6.98. The Hall–Kier alpha value is -3.12. The van der Waals surface area contributed by atoms with Crippen LogP contribution in [0.4, 0.5) is 11.4 Å². The molecule has 0 spiro atoms. The second kappa shape index (κ2) is 8.49. The highest BCUT2D eigenvalue weighted by Crippen LogP contribution is 2.32. The Labute approximate surface area is 173 Å². The molecule has 1 aromatic heterocycles. The normalized spacial score (nSPS) is 12.9. The van der Waals surface area contributed by atoms with Gasteiger partial charge in [0.05, 0.1) is 11.4 Å². The lowest BCUT2D eigenvalue weighted by molar-refractivity contribution is -0.118. The number of nitrogens with one attached hydrogen (secondary N) is 1. The fourth-order valence-electron chi connectivity index (χ4n) is 3.45. The number of para-hydroxylation sites is 2. The van der Waals surface area contributed by atoms with Crippen LogP contribution in [0.2, 0.25) is 0 Å². The summed E-state index contributed by atoms with van der Waals surface area (Å²) >= 11 is 1.81. The Morgan fingerprint density at radius 2 is 2.00 bits per heavy atom. The highest BCUT2D eigenvalue weighted by molar-refractivity contribution is 7.10. The number of anilines is 2. The first-order chi connectivity index (χ1) is 14.1. The van der Waals surface area contributed by atoms with Crippen LogP contribution in [0.15, 0.2) is 60.0 Å². The molecule has 1 aliphatic rings. The molecule has 1 aliphatic heterocycles. The summed E-state index contributed by atoms with van der Waals surface area (Å²) in [5.41, 5.74) is 3.70. The molecule has 2 heterocycles. The first-order valence-corrected chi connectivity index (χ1v) is 10.4. The monoisotopic (exact) mass is 406 g/mol. The van der Waals surface area contributed by atoms with Gasteiger partial charge in [-0.15, -0.1) is 11.3 Å². The fourth-order valence-corrected chi connectivity index (χ4v) is 4.34. The molecular formula is C23H22N2O3S. The van der Waals surface area contributed by atoms with Crippen LogP contribution in [0, 0.1) is 0 Å². The van der Waals surface area contributed by atoms with Crippen molar-refractivity contribution in [2.45, 2.75) is 19.9 Å². The van der Waals surface area contributed by atoms with E-state index in [1.165, 1.54) is 17.4 Å². The van der Waals surface area contributed by atoms with Gasteiger partial charge >= 0.3 is 0 Å². The SMILES string of the molecule is CC(=O)c1cccc(OCC(=O)Nc2ccccc2N2CCc3sccc3C2)c1. The number of rotatable bonds is 6. The molecule has 0 aliphatic carbocycles. The average Bonchev–Trinajstić information content (AvgIpc) is 3.21. The first kappa shape index (κ1) is 19.2. The Bertz CT molecular complexity index is 1040. The zero-order valence-electron chi connectivity index (χ0n) is 16.2. The van der Waals surface area contributed by atoms with E-state index < -0.39 is 0 Å². The van der Waals surface area contributed by atoms with Crippen molar-refractivity contribution in [3.63, 3.8) is 0 Å². The van der Waals surface area contributed by atoms with Gasteiger partial charge in [0, 0.05) is 23.5 Å². The fraction of sp³-hybridized carbons (Fsp3) is 0.217. The second-order valence-corrected chi connectivity index (χ2v) is 7.98. The number of amides is 1. The number of ether oxygens (including phenoxy) is 1. The Morgan fingerprint density at radius 1 is 1.14 bits per heavy atom. The number of fused-ring (bicyclic) bond motifs is 1. The Kier molecular flexibility index (Phi) is 5.62. The molecule has 0 fully saturated rings. The largest absolute Gasteiger partial charge is 0.484 e. The number of carbonyl (C=O) groups excluding carboxylic acids is 2. The van der Waals surface area contributed by atoms with Gasteiger partial charge < -0.3 is 15.0 Å². The molecule has 148 valence electrons. The van der Waals surface area contributed by atoms with Gasteiger partial charge in [0.1, 0.15) is 5.75 Å². The molecule has 3 aromatic rings. The maximum atomic E-state index is 12.5. The lowest BCUT2D eigenvalue weighted by Crippen LogP contribution is -2.30. The van der Waals surface area contributed by atoms with E-state index in [2.05, 4.69) is 21.7 Å². The van der Waals surface area contributed by atoms with E-state index in [0.717, 1.165) is 30.9 Å². The van der Waals surface area contributed by atoms with Gasteiger partial charge in [-0.25, -0.2) is 0 Å². The molecule has 0 saturated heterocycles. The third-order valence-electron chi connectivity index (χ3n) is 4.94. The summed E-state index contributed by atoms with van der Waals surface area (Å²) in [5.74, 6) is 0.227. The molecule has 0 bridgehead atoms. The van der Waals surface area contributed by atoms with Crippen LogP contribution in [0.5, 0.6) is 5.75 Å². The van der Waals surface area contributed by atoms with Crippen LogP contribution in [0.1, 0.15) is 27.7 Å². The number of hydrogen-bond acceptors (Lipinski definition) is 5. The summed E-state index contributed by atoms with van der Waals surface area (Å²) < 4.78 is 5.58. The summed E-state index contributed by atoms with van der Waals surface area (Å²) in [6, 6.07) is 16.9. The van der Waals surface area contributed by atoms with Gasteiger partial charge in [0.2, 0.25) is 0 Å². The zero-order chi connectivity index (χ0) is 20.2. The molecule has 0 unspecified atom stereocenters. The topological polar surface area (TPSA) is 58.6 Å². The smallest absolute Gasteiger partial charge is 0.262 e. The van der Waals surface area contributed by atoms with Crippen LogP contribution in [-0.2, 0) is 17.8 Å². The van der Waals surface area contributed by atoms with Crippen molar-refractivity contribution in [2.24, 2.45) is 0 Å². The summed E-state index contributed by atoms with van der Waals surface area (Å²) in [5, 5.41) is 5.10. The van der Waals surface area contributed by atoms with Gasteiger partial charge in [-0.1, -0.05) is 24.3 Å². The summed E-state index contributed by atoms with van der Waals surface area (Å²) in [4.78, 5) is 27.7. The Morgan fingerprint density at radius 3 is 2.86 bits per heavy atom. The third kappa shape index (κ3) is 4.49. The lowest BCUT2D eigenvalue weighted by Gasteiger charge is -2.30.